The zero-order valence-electron chi connectivity index (χ0n) is 48.1. The maximum atomic E-state index is 2.57. The first-order valence-electron chi connectivity index (χ1n) is 29.9. The van der Waals surface area contributed by atoms with Gasteiger partial charge in [-0.25, -0.2) is 4.58 Å². The van der Waals surface area contributed by atoms with Gasteiger partial charge in [-0.3, -0.25) is 0 Å². The third-order valence-electron chi connectivity index (χ3n) is 15.6. The first kappa shape index (κ1) is 55.6. The van der Waals surface area contributed by atoms with Gasteiger partial charge in [0.1, 0.15) is 13.1 Å². The van der Waals surface area contributed by atoms with Crippen molar-refractivity contribution in [1.82, 2.24) is 0 Å². The number of fused-ring (bicyclic) bond motifs is 2. The molecule has 0 aliphatic heterocycles. The highest BCUT2D eigenvalue weighted by atomic mass is 15.1. The number of para-hydroxylation sites is 2. The van der Waals surface area contributed by atoms with Crippen LogP contribution in [0.4, 0.5) is 39.8 Å². The van der Waals surface area contributed by atoms with E-state index >= 15 is 0 Å². The van der Waals surface area contributed by atoms with Crippen molar-refractivity contribution >= 4 is 78.2 Å². The van der Waals surface area contributed by atoms with E-state index in [2.05, 4.69) is 308 Å². The van der Waals surface area contributed by atoms with Gasteiger partial charge in [0.25, 0.3) is 0 Å². The van der Waals surface area contributed by atoms with E-state index in [1.165, 1.54) is 95.4 Å². The molecule has 0 saturated carbocycles. The number of hydrogen-bond acceptors (Lipinski definition) is 3. The molecule has 10 rings (SSSR count). The van der Waals surface area contributed by atoms with Crippen molar-refractivity contribution in [3.05, 3.63) is 283 Å². The van der Waals surface area contributed by atoms with Crippen LogP contribution in [-0.4, -0.2) is 36.5 Å². The Morgan fingerprint density at radius 3 is 1.22 bits per heavy atom. The Balaban J connectivity index is 1.07. The van der Waals surface area contributed by atoms with Crippen molar-refractivity contribution in [2.75, 3.05) is 40.9 Å². The summed E-state index contributed by atoms with van der Waals surface area (Å²) in [7, 11) is 0. The lowest BCUT2D eigenvalue weighted by Crippen LogP contribution is -2.25. The largest absolute Gasteiger partial charge is 0.372 e. The van der Waals surface area contributed by atoms with Crippen molar-refractivity contribution in [1.29, 1.82) is 0 Å². The van der Waals surface area contributed by atoms with Crippen molar-refractivity contribution in [2.45, 2.75) is 79.1 Å². The van der Waals surface area contributed by atoms with E-state index in [4.69, 9.17) is 0 Å². The highest BCUT2D eigenvalue weighted by Gasteiger charge is 2.18. The second-order valence-corrected chi connectivity index (χ2v) is 21.3. The van der Waals surface area contributed by atoms with Gasteiger partial charge in [0.15, 0.2) is 5.71 Å². The van der Waals surface area contributed by atoms with E-state index in [1.807, 2.05) is 0 Å². The predicted octanol–water partition coefficient (Wildman–Crippen LogP) is 21.0. The molecular weight excluding hydrogens is 981 g/mol. The lowest BCUT2D eigenvalue weighted by molar-refractivity contribution is -0.527. The number of allylic oxidation sites excluding steroid dienone is 9. The molecule has 1 aliphatic carbocycles. The number of rotatable bonds is 24. The molecule has 0 saturated heterocycles. The molecule has 0 bridgehead atoms. The van der Waals surface area contributed by atoms with Crippen molar-refractivity contribution in [2.24, 2.45) is 0 Å². The van der Waals surface area contributed by atoms with E-state index in [-0.39, 0.29) is 0 Å². The van der Waals surface area contributed by atoms with Crippen LogP contribution in [0, 0.1) is 0 Å². The normalized spacial score (nSPS) is 12.4. The molecule has 9 aromatic rings. The summed E-state index contributed by atoms with van der Waals surface area (Å²) in [5.41, 5.74) is 16.3. The fourth-order valence-corrected chi connectivity index (χ4v) is 11.1. The summed E-state index contributed by atoms with van der Waals surface area (Å²) >= 11 is 0. The lowest BCUT2D eigenvalue weighted by atomic mass is 9.94. The molecule has 0 radical (unpaired) electrons. The summed E-state index contributed by atoms with van der Waals surface area (Å²) in [4.78, 5) is 7.30. The van der Waals surface area contributed by atoms with Gasteiger partial charge < -0.3 is 14.7 Å². The Morgan fingerprint density at radius 1 is 0.370 bits per heavy atom. The standard InChI is InChI=1S/C77H79N4/c1-5-9-54-78(55-10-6-2)68-44-36-62(37-45-68)76(64-40-48-72(49-41-64)80(70-28-15-13-16-29-70)74-52-34-60-24-19-21-26-66(60)58-74)32-23-33-77(63-38-46-69(47-39-63)79(56-11-7-3)57-12-8-4)65-42-50-73(51-43-65)81(71-30-17-14-18-31-71)75-53-35-61-25-20-22-27-67(61)59-75/h13-53,58-59H,5-12,54-57H2,1-4H3/q+1. The molecule has 0 unspecified atom stereocenters. The fraction of sp³-hybridized carbons (Fsp3) is 0.208. The average Bonchev–Trinajstić information content (AvgIpc) is 3.53. The fourth-order valence-electron chi connectivity index (χ4n) is 11.1. The Kier molecular flexibility index (Phi) is 19.2. The number of nitrogens with zero attached hydrogens (tertiary/aromatic N) is 4. The van der Waals surface area contributed by atoms with Gasteiger partial charge in [0, 0.05) is 77.9 Å². The van der Waals surface area contributed by atoms with E-state index < -0.39 is 0 Å². The lowest BCUT2D eigenvalue weighted by Gasteiger charge is -2.26. The number of unbranched alkanes of at least 4 members (excludes halogenated alkanes) is 4. The zero-order valence-corrected chi connectivity index (χ0v) is 48.1. The Morgan fingerprint density at radius 2 is 0.765 bits per heavy atom. The van der Waals surface area contributed by atoms with Crippen LogP contribution in [0.1, 0.15) is 95.8 Å². The minimum Gasteiger partial charge on any atom is -0.372 e. The quantitative estimate of drug-likeness (QED) is 0.0442. The molecule has 9 aromatic carbocycles. The van der Waals surface area contributed by atoms with Crippen LogP contribution in [0.2, 0.25) is 0 Å². The molecule has 0 spiro atoms. The molecule has 1 aliphatic rings. The summed E-state index contributed by atoms with van der Waals surface area (Å²) in [5.74, 6) is 0. The Hall–Kier alpha value is -8.73. The Bertz CT molecular complexity index is 3640. The molecule has 0 fully saturated rings. The first-order chi connectivity index (χ1) is 40.0. The van der Waals surface area contributed by atoms with Crippen LogP contribution in [0.3, 0.4) is 0 Å². The van der Waals surface area contributed by atoms with Gasteiger partial charge in [-0.1, -0.05) is 205 Å². The molecule has 81 heavy (non-hydrogen) atoms. The number of anilines is 7. The molecule has 4 nitrogen and oxygen atoms in total. The summed E-state index contributed by atoms with van der Waals surface area (Å²) in [5, 5.41) is 4.90. The smallest absolute Gasteiger partial charge is 0.199 e. The molecule has 0 aromatic heterocycles. The van der Waals surface area contributed by atoms with Gasteiger partial charge in [0.2, 0.25) is 0 Å². The highest BCUT2D eigenvalue weighted by Crippen LogP contribution is 2.40. The van der Waals surface area contributed by atoms with E-state index in [1.54, 1.807) is 0 Å². The Labute approximate surface area is 483 Å². The topological polar surface area (TPSA) is 12.7 Å². The number of benzene rings is 9. The van der Waals surface area contributed by atoms with Gasteiger partial charge >= 0.3 is 0 Å². The first-order valence-corrected chi connectivity index (χ1v) is 29.9. The van der Waals surface area contributed by atoms with Gasteiger partial charge in [-0.2, -0.15) is 0 Å². The zero-order chi connectivity index (χ0) is 55.6. The predicted molar refractivity (Wildman–Crippen MR) is 352 cm³/mol. The molecule has 406 valence electrons. The summed E-state index contributed by atoms with van der Waals surface area (Å²) in [6.07, 6.45) is 25.7. The number of hydrogen-bond donors (Lipinski definition) is 0. The maximum absolute atomic E-state index is 2.57. The third kappa shape index (κ3) is 13.8. The molecular formula is C77H79N4+. The highest BCUT2D eigenvalue weighted by molar-refractivity contribution is 6.04. The van der Waals surface area contributed by atoms with Crippen LogP contribution >= 0.6 is 0 Å². The van der Waals surface area contributed by atoms with Crippen LogP contribution in [0.25, 0.3) is 32.7 Å². The molecule has 0 atom stereocenters. The van der Waals surface area contributed by atoms with E-state index in [0.29, 0.717) is 0 Å². The van der Waals surface area contributed by atoms with Gasteiger partial charge in [-0.15, -0.1) is 0 Å². The molecule has 0 amide bonds. The van der Waals surface area contributed by atoms with Crippen LogP contribution < -0.4 is 14.7 Å². The van der Waals surface area contributed by atoms with E-state index in [9.17, 15) is 0 Å². The third-order valence-corrected chi connectivity index (χ3v) is 15.6. The van der Waals surface area contributed by atoms with Gasteiger partial charge in [-0.05, 0) is 165 Å². The summed E-state index contributed by atoms with van der Waals surface area (Å²) in [6, 6.07) is 79.8. The van der Waals surface area contributed by atoms with Crippen LogP contribution in [-0.2, 0) is 0 Å². The second-order valence-electron chi connectivity index (χ2n) is 21.3. The monoisotopic (exact) mass is 1060 g/mol. The van der Waals surface area contributed by atoms with Crippen molar-refractivity contribution in [3.8, 4) is 0 Å². The molecule has 4 heteroatoms. The molecule has 0 N–H and O–H groups in total. The van der Waals surface area contributed by atoms with Gasteiger partial charge in [0.05, 0.1) is 0 Å². The maximum Gasteiger partial charge on any atom is 0.199 e. The minimum absolute atomic E-state index is 1.07. The van der Waals surface area contributed by atoms with E-state index in [0.717, 1.165) is 82.6 Å². The average molecular weight is 1060 g/mol. The van der Waals surface area contributed by atoms with Crippen LogP contribution in [0.5, 0.6) is 0 Å². The summed E-state index contributed by atoms with van der Waals surface area (Å²) < 4.78 is 2.57. The second kappa shape index (κ2) is 27.9. The SMILES string of the molecule is CCCCN(CCCC)c1ccc(/C(=C/C=C/C(=C2C=CC(=[N+](CCCC)CCCC)C=C2)c2ccc(N(c3ccccc3)c3ccc4ccccc4c3)cc2)c2ccc(N(c3ccccc3)c3ccc4ccccc4c3)cc2)cc1. The molecule has 0 heterocycles. The summed E-state index contributed by atoms with van der Waals surface area (Å²) in [6.45, 7) is 13.4. The minimum atomic E-state index is 1.07. The van der Waals surface area contributed by atoms with Crippen molar-refractivity contribution in [3.63, 3.8) is 0 Å². The van der Waals surface area contributed by atoms with Crippen LogP contribution in [0.15, 0.2) is 266 Å². The van der Waals surface area contributed by atoms with Crippen molar-refractivity contribution < 1.29 is 4.58 Å².